The van der Waals surface area contributed by atoms with Gasteiger partial charge in [0.2, 0.25) is 5.95 Å². The third kappa shape index (κ3) is 4.05. The standard InChI is InChI=1S/C25H30N10O10P2S/c1-23-4-43-47(41,48)45-17-15(36)14(35-8-30-12-18(26)28-6-29-19(12)35)9-3-24(9,17)5-42-46(39,40)44-16-10(2-11(23)25(16,23)38)34-7-31-13-20(34)32-22(27)33-21(13)37/h6-11,14-17,36,38H,2-5H2,1H3,(H,39,40)(H,41,48)(H2,26,28,29)(H3,27,32,33,37)/t9-,10-,11-,14-,15+,16+,17+,23+,24+,25-,47-/m1/s1. The Morgan fingerprint density at radius 1 is 1.04 bits per heavy atom. The number of rotatable bonds is 2. The Hall–Kier alpha value is -2.97. The summed E-state index contributed by atoms with van der Waals surface area (Å²) in [6, 6.07) is -1.58. The van der Waals surface area contributed by atoms with Crippen LogP contribution in [0.4, 0.5) is 11.8 Å². The van der Waals surface area contributed by atoms with Crippen molar-refractivity contribution in [3.63, 3.8) is 0 Å². The molecule has 1 saturated heterocycles. The van der Waals surface area contributed by atoms with Crippen molar-refractivity contribution in [2.75, 3.05) is 24.7 Å². The molecule has 0 radical (unpaired) electrons. The Kier molecular flexibility index (Phi) is 6.23. The van der Waals surface area contributed by atoms with E-state index >= 15 is 0 Å². The van der Waals surface area contributed by atoms with Gasteiger partial charge < -0.3 is 40.2 Å². The first kappa shape index (κ1) is 31.0. The lowest BCUT2D eigenvalue weighted by Crippen LogP contribution is -2.41. The number of aromatic amines is 1. The first-order chi connectivity index (χ1) is 22.6. The summed E-state index contributed by atoms with van der Waals surface area (Å²) in [5.41, 5.74) is 7.85. The summed E-state index contributed by atoms with van der Waals surface area (Å²) < 4.78 is 53.8. The van der Waals surface area contributed by atoms with Gasteiger partial charge in [-0.25, -0.2) is 29.1 Å². The van der Waals surface area contributed by atoms with Gasteiger partial charge >= 0.3 is 14.6 Å². The van der Waals surface area contributed by atoms with Gasteiger partial charge in [-0.15, -0.1) is 0 Å². The van der Waals surface area contributed by atoms with E-state index in [0.717, 1.165) is 0 Å². The van der Waals surface area contributed by atoms with Gasteiger partial charge in [0.1, 0.15) is 35.8 Å². The largest absolute Gasteiger partial charge is 0.472 e. The highest BCUT2D eigenvalue weighted by Crippen LogP contribution is 2.77. The van der Waals surface area contributed by atoms with E-state index < -0.39 is 85.4 Å². The second-order valence-electron chi connectivity index (χ2n) is 13.5. The number of imidazole rings is 2. The average Bonchev–Trinajstić information content (AvgIpc) is 3.41. The number of nitrogen functional groups attached to an aromatic ring is 2. The second kappa shape index (κ2) is 9.63. The van der Waals surface area contributed by atoms with Crippen molar-refractivity contribution in [1.82, 2.24) is 39.0 Å². The van der Waals surface area contributed by atoms with Crippen molar-refractivity contribution in [3.05, 3.63) is 29.3 Å². The fourth-order valence-corrected chi connectivity index (χ4v) is 11.4. The molecule has 5 fully saturated rings. The third-order valence-electron chi connectivity index (χ3n) is 11.2. The van der Waals surface area contributed by atoms with Crippen LogP contribution in [-0.4, -0.2) is 91.3 Å². The molecular formula is C25H30N10O10P2S. The van der Waals surface area contributed by atoms with Gasteiger partial charge in [0.15, 0.2) is 22.6 Å². The molecule has 5 aliphatic rings. The first-order valence-corrected chi connectivity index (χ1v) is 19.2. The summed E-state index contributed by atoms with van der Waals surface area (Å²) in [5.74, 6) is -1.05. The van der Waals surface area contributed by atoms with Crippen LogP contribution >= 0.6 is 26.9 Å². The number of nitrogens with two attached hydrogens (primary N) is 2. The Labute approximate surface area is 274 Å². The van der Waals surface area contributed by atoms with Crippen molar-refractivity contribution < 1.29 is 42.3 Å². The Balaban J connectivity index is 1.09. The fourth-order valence-electron chi connectivity index (χ4n) is 8.74. The Morgan fingerprint density at radius 3 is 2.58 bits per heavy atom. The zero-order valence-corrected chi connectivity index (χ0v) is 27.6. The van der Waals surface area contributed by atoms with E-state index in [9.17, 15) is 29.0 Å². The molecule has 4 aliphatic carbocycles. The number of phosphoric acid groups is 1. The third-order valence-corrected chi connectivity index (χ3v) is 13.8. The van der Waals surface area contributed by atoms with E-state index in [1.54, 1.807) is 11.5 Å². The molecule has 23 heteroatoms. The van der Waals surface area contributed by atoms with Crippen molar-refractivity contribution >= 4 is 61.0 Å². The SMILES string of the molecule is C[C@]12CO[P@@](=O)(S)O[C@H]3[C@@H](O)[C@H](n4cnc5c(N)ncnc54)[C@H]4C[C@]43COP(=O)(O)O[C@H]3[C@H](n4cnc5c(=O)[nH]c(N)nc54)C[C@H]1[C@@]32O. The van der Waals surface area contributed by atoms with Crippen LogP contribution in [0.5, 0.6) is 0 Å². The number of aliphatic hydroxyl groups excluding tert-OH is 1. The van der Waals surface area contributed by atoms with Gasteiger partial charge in [-0.2, -0.15) is 4.98 Å². The molecule has 48 heavy (non-hydrogen) atoms. The Bertz CT molecular complexity index is 2200. The molecule has 0 amide bonds. The van der Waals surface area contributed by atoms with Crippen molar-refractivity contribution in [3.8, 4) is 0 Å². The highest BCUT2D eigenvalue weighted by Gasteiger charge is 2.83. The van der Waals surface area contributed by atoms with Gasteiger partial charge in [0, 0.05) is 16.7 Å². The van der Waals surface area contributed by atoms with Crippen LogP contribution in [0.1, 0.15) is 31.8 Å². The van der Waals surface area contributed by atoms with E-state index in [-0.39, 0.29) is 36.0 Å². The maximum Gasteiger partial charge on any atom is 0.472 e. The van der Waals surface area contributed by atoms with E-state index in [1.165, 1.54) is 23.5 Å². The fraction of sp³-hybridized carbons (Fsp3) is 0.600. The molecule has 8 N–H and O–H groups in total. The molecule has 20 nitrogen and oxygen atoms in total. The molecule has 1 unspecified atom stereocenters. The summed E-state index contributed by atoms with van der Waals surface area (Å²) >= 11 is 4.24. The van der Waals surface area contributed by atoms with Crippen molar-refractivity contribution in [2.45, 2.75) is 55.8 Å². The van der Waals surface area contributed by atoms with Crippen LogP contribution in [0, 0.1) is 22.7 Å². The number of anilines is 2. The lowest BCUT2D eigenvalue weighted by Gasteiger charge is -2.33. The van der Waals surface area contributed by atoms with Crippen LogP contribution in [0.15, 0.2) is 23.8 Å². The molecule has 12 atom stereocenters. The molecule has 4 aromatic heterocycles. The van der Waals surface area contributed by atoms with Gasteiger partial charge in [-0.1, -0.05) is 19.2 Å². The number of nitrogens with one attached hydrogen (secondary N) is 1. The number of aromatic nitrogens is 8. The van der Waals surface area contributed by atoms with E-state index in [2.05, 4.69) is 42.2 Å². The molecule has 1 spiro atoms. The highest BCUT2D eigenvalue weighted by molar-refractivity contribution is 8.44. The minimum Gasteiger partial charge on any atom is -0.388 e. The number of thiol groups is 1. The molecular weight excluding hydrogens is 694 g/mol. The lowest BCUT2D eigenvalue weighted by atomic mass is 9.92. The highest BCUT2D eigenvalue weighted by atomic mass is 32.7. The molecule has 4 aromatic rings. The zero-order valence-electron chi connectivity index (χ0n) is 24.9. The maximum absolute atomic E-state index is 13.8. The van der Waals surface area contributed by atoms with Crippen LogP contribution in [0.3, 0.4) is 0 Å². The number of hydrogen-bond donors (Lipinski definition) is 7. The number of fused-ring (bicyclic) bond motifs is 3. The van der Waals surface area contributed by atoms with Gasteiger partial charge in [0.25, 0.3) is 5.56 Å². The van der Waals surface area contributed by atoms with Crippen molar-refractivity contribution in [1.29, 1.82) is 0 Å². The van der Waals surface area contributed by atoms with Gasteiger partial charge in [-0.3, -0.25) is 23.3 Å². The molecule has 4 saturated carbocycles. The van der Waals surface area contributed by atoms with E-state index in [4.69, 9.17) is 29.6 Å². The predicted octanol–water partition coefficient (Wildman–Crippen LogP) is 0.313. The predicted molar refractivity (Wildman–Crippen MR) is 166 cm³/mol. The number of hydrogen-bond acceptors (Lipinski definition) is 16. The first-order valence-electron chi connectivity index (χ1n) is 15.0. The monoisotopic (exact) mass is 724 g/mol. The summed E-state index contributed by atoms with van der Waals surface area (Å²) in [6.45, 7) is -3.37. The molecule has 0 bridgehead atoms. The van der Waals surface area contributed by atoms with Crippen LogP contribution in [0.25, 0.3) is 22.3 Å². The topological polar surface area (TPSA) is 291 Å². The summed E-state index contributed by atoms with van der Waals surface area (Å²) in [6.07, 6.45) is 0.563. The zero-order chi connectivity index (χ0) is 33.8. The average molecular weight is 725 g/mol. The molecule has 0 aromatic carbocycles. The summed E-state index contributed by atoms with van der Waals surface area (Å²) in [4.78, 5) is 46.9. The summed E-state index contributed by atoms with van der Waals surface area (Å²) in [5, 5.41) is 23.7. The van der Waals surface area contributed by atoms with Crippen LogP contribution in [0.2, 0.25) is 0 Å². The molecule has 256 valence electrons. The van der Waals surface area contributed by atoms with Crippen LogP contribution in [-0.2, 0) is 27.2 Å². The maximum atomic E-state index is 13.8. The molecule has 5 heterocycles. The normalized spacial score (nSPS) is 45.1. The van der Waals surface area contributed by atoms with E-state index in [0.29, 0.717) is 17.6 Å². The van der Waals surface area contributed by atoms with Gasteiger partial charge in [0.05, 0.1) is 38.0 Å². The van der Waals surface area contributed by atoms with Crippen molar-refractivity contribution in [2.24, 2.45) is 22.7 Å². The number of phosphoric ester groups is 1. The second-order valence-corrected chi connectivity index (χ2v) is 17.8. The number of aliphatic hydroxyl groups is 2. The number of H-pyrrole nitrogens is 1. The minimum atomic E-state index is -4.97. The smallest absolute Gasteiger partial charge is 0.388 e. The number of nitrogens with zero attached hydrogens (tertiary/aromatic N) is 7. The van der Waals surface area contributed by atoms with E-state index in [1.807, 2.05) is 0 Å². The van der Waals surface area contributed by atoms with Gasteiger partial charge in [-0.05, 0) is 18.8 Å². The van der Waals surface area contributed by atoms with Crippen LogP contribution < -0.4 is 17.0 Å². The minimum absolute atomic E-state index is 0.0248. The quantitative estimate of drug-likeness (QED) is 0.108. The molecule has 9 rings (SSSR count). The molecule has 1 aliphatic heterocycles. The summed E-state index contributed by atoms with van der Waals surface area (Å²) in [7, 11) is -4.97. The Morgan fingerprint density at radius 2 is 1.79 bits per heavy atom. The lowest BCUT2D eigenvalue weighted by molar-refractivity contribution is -0.0490.